The molecule has 0 radical (unpaired) electrons. The van der Waals surface area contributed by atoms with Crippen molar-refractivity contribution in [3.8, 4) is 11.4 Å². The summed E-state index contributed by atoms with van der Waals surface area (Å²) in [4.78, 5) is 11.7. The minimum absolute atomic E-state index is 0.918. The van der Waals surface area contributed by atoms with Gasteiger partial charge in [0.05, 0.1) is 11.0 Å². The van der Waals surface area contributed by atoms with Crippen LogP contribution in [-0.2, 0) is 0 Å². The fourth-order valence-electron chi connectivity index (χ4n) is 5.09. The molecule has 0 amide bonds. The Bertz CT molecular complexity index is 1940. The largest absolute Gasteiger partial charge is 0.355 e. The van der Waals surface area contributed by atoms with E-state index in [9.17, 15) is 0 Å². The zero-order valence-electron chi connectivity index (χ0n) is 19.6. The Hall–Kier alpha value is -4.89. The van der Waals surface area contributed by atoms with Gasteiger partial charge in [-0.25, -0.2) is 4.98 Å². The van der Waals surface area contributed by atoms with E-state index in [4.69, 9.17) is 4.98 Å². The smallest absolute Gasteiger partial charge is 0.138 e. The summed E-state index contributed by atoms with van der Waals surface area (Å²) in [6.07, 6.45) is 0. The van der Waals surface area contributed by atoms with Gasteiger partial charge in [-0.3, -0.25) is 0 Å². The van der Waals surface area contributed by atoms with Crippen LogP contribution in [-0.4, -0.2) is 15.0 Å². The van der Waals surface area contributed by atoms with Crippen LogP contribution in [0.5, 0.6) is 0 Å². The van der Waals surface area contributed by atoms with Crippen LogP contribution in [0.3, 0.4) is 0 Å². The molecule has 8 rings (SSSR count). The molecule has 0 fully saturated rings. The predicted molar refractivity (Wildman–Crippen MR) is 152 cm³/mol. The van der Waals surface area contributed by atoms with Crippen LogP contribution >= 0.6 is 0 Å². The zero-order valence-corrected chi connectivity index (χ0v) is 19.6. The predicted octanol–water partition coefficient (Wildman–Crippen LogP) is 8.86. The molecule has 2 N–H and O–H groups in total. The highest BCUT2D eigenvalue weighted by Gasteiger charge is 2.10. The molecule has 170 valence electrons. The molecule has 0 spiro atoms. The molecule has 3 heteroatoms. The van der Waals surface area contributed by atoms with Crippen molar-refractivity contribution in [2.45, 2.75) is 0 Å². The Labute approximate surface area is 208 Å². The van der Waals surface area contributed by atoms with Crippen LogP contribution in [0.4, 0.5) is 0 Å². The second-order valence-electron chi connectivity index (χ2n) is 9.01. The number of hydrogen-bond donors (Lipinski definition) is 2. The topological polar surface area (TPSA) is 44.5 Å². The maximum Gasteiger partial charge on any atom is 0.138 e. The number of fused-ring (bicyclic) bond motifs is 8. The van der Waals surface area contributed by atoms with E-state index in [0.29, 0.717) is 0 Å². The third kappa shape index (κ3) is 3.41. The number of aromatic nitrogens is 3. The molecule has 0 atom stereocenters. The van der Waals surface area contributed by atoms with E-state index >= 15 is 0 Å². The fraction of sp³-hybridized carbons (Fsp3) is 0. The van der Waals surface area contributed by atoms with Gasteiger partial charge in [-0.1, -0.05) is 109 Å². The van der Waals surface area contributed by atoms with Crippen LogP contribution < -0.4 is 0 Å². The second-order valence-corrected chi connectivity index (χ2v) is 9.01. The number of nitrogens with zero attached hydrogens (tertiary/aromatic N) is 1. The van der Waals surface area contributed by atoms with Crippen LogP contribution in [0.1, 0.15) is 0 Å². The summed E-state index contributed by atoms with van der Waals surface area (Å²) < 4.78 is 0. The molecule has 2 heterocycles. The molecular weight excluding hydrogens is 438 g/mol. The van der Waals surface area contributed by atoms with Crippen molar-refractivity contribution in [3.05, 3.63) is 127 Å². The fourth-order valence-corrected chi connectivity index (χ4v) is 5.09. The molecule has 0 saturated heterocycles. The molecule has 3 nitrogen and oxygen atoms in total. The minimum Gasteiger partial charge on any atom is -0.355 e. The van der Waals surface area contributed by atoms with Gasteiger partial charge in [0, 0.05) is 32.8 Å². The maximum atomic E-state index is 4.86. The Kier molecular flexibility index (Phi) is 4.78. The average Bonchev–Trinajstić information content (AvgIpc) is 3.56. The number of benzene rings is 6. The first-order valence-electron chi connectivity index (χ1n) is 12.2. The zero-order chi connectivity index (χ0) is 23.9. The van der Waals surface area contributed by atoms with E-state index in [1.54, 1.807) is 0 Å². The highest BCUT2D eigenvalue weighted by molar-refractivity contribution is 6.15. The number of H-pyrrole nitrogens is 2. The van der Waals surface area contributed by atoms with Crippen molar-refractivity contribution in [2.24, 2.45) is 0 Å². The van der Waals surface area contributed by atoms with Crippen molar-refractivity contribution in [1.82, 2.24) is 15.0 Å². The number of para-hydroxylation sites is 2. The summed E-state index contributed by atoms with van der Waals surface area (Å²) in [5.74, 6) is 0.918. The van der Waals surface area contributed by atoms with E-state index in [-0.39, 0.29) is 0 Å². The number of nitrogens with one attached hydrogen (secondary N) is 2. The molecule has 6 aromatic carbocycles. The third-order valence-corrected chi connectivity index (χ3v) is 6.84. The lowest BCUT2D eigenvalue weighted by atomic mass is 10.0. The standard InChI is InChI=1S/C21H14N2.C12H9N/c1-2-7-15(8-3-1)21-22-19-13-12-17-16-9-5-4-6-14(16)10-11-18(17)20(19)23-21;1-3-7-11-9(5-1)10-6-2-4-8-12(10)13-11/h1-13H,(H,22,23);1-8,13H. The van der Waals surface area contributed by atoms with E-state index < -0.39 is 0 Å². The van der Waals surface area contributed by atoms with E-state index in [1.807, 2.05) is 18.2 Å². The summed E-state index contributed by atoms with van der Waals surface area (Å²) in [7, 11) is 0. The Morgan fingerprint density at radius 2 is 1.00 bits per heavy atom. The monoisotopic (exact) mass is 461 g/mol. The number of aromatic amines is 2. The van der Waals surface area contributed by atoms with Crippen molar-refractivity contribution >= 4 is 54.4 Å². The minimum atomic E-state index is 0.918. The third-order valence-electron chi connectivity index (χ3n) is 6.84. The van der Waals surface area contributed by atoms with Gasteiger partial charge in [0.1, 0.15) is 5.82 Å². The first kappa shape index (κ1) is 20.5. The maximum absolute atomic E-state index is 4.86. The van der Waals surface area contributed by atoms with Crippen LogP contribution in [0, 0.1) is 0 Å². The molecule has 8 aromatic rings. The van der Waals surface area contributed by atoms with Crippen molar-refractivity contribution in [1.29, 1.82) is 0 Å². The van der Waals surface area contributed by atoms with Crippen LogP contribution in [0.25, 0.3) is 65.8 Å². The van der Waals surface area contributed by atoms with Crippen molar-refractivity contribution in [3.63, 3.8) is 0 Å². The van der Waals surface area contributed by atoms with Gasteiger partial charge in [0.15, 0.2) is 0 Å². The van der Waals surface area contributed by atoms with E-state index in [0.717, 1.165) is 22.4 Å². The molecule has 0 aliphatic carbocycles. The van der Waals surface area contributed by atoms with Crippen molar-refractivity contribution < 1.29 is 0 Å². The lowest BCUT2D eigenvalue weighted by Crippen LogP contribution is -1.79. The number of rotatable bonds is 1. The molecule has 0 bridgehead atoms. The average molecular weight is 462 g/mol. The molecule has 0 aliphatic heterocycles. The normalized spacial score (nSPS) is 11.3. The van der Waals surface area contributed by atoms with Gasteiger partial charge in [-0.05, 0) is 34.4 Å². The molecule has 0 aliphatic rings. The van der Waals surface area contributed by atoms with Crippen molar-refractivity contribution in [2.75, 3.05) is 0 Å². The Morgan fingerprint density at radius 1 is 0.389 bits per heavy atom. The van der Waals surface area contributed by atoms with Gasteiger partial charge < -0.3 is 9.97 Å². The first-order valence-corrected chi connectivity index (χ1v) is 12.2. The number of imidazole rings is 1. The summed E-state index contributed by atoms with van der Waals surface area (Å²) in [6, 6.07) is 44.2. The Morgan fingerprint density at radius 3 is 1.75 bits per heavy atom. The molecular formula is C33H23N3. The second kappa shape index (κ2) is 8.40. The Balaban J connectivity index is 0.000000143. The van der Waals surface area contributed by atoms with Crippen LogP contribution in [0.15, 0.2) is 127 Å². The van der Waals surface area contributed by atoms with Gasteiger partial charge >= 0.3 is 0 Å². The summed E-state index contributed by atoms with van der Waals surface area (Å²) in [5, 5.41) is 7.59. The van der Waals surface area contributed by atoms with Gasteiger partial charge in [0.2, 0.25) is 0 Å². The molecule has 0 saturated carbocycles. The number of hydrogen-bond acceptors (Lipinski definition) is 1. The lowest BCUT2D eigenvalue weighted by Gasteiger charge is -2.03. The highest BCUT2D eigenvalue weighted by atomic mass is 14.9. The highest BCUT2D eigenvalue weighted by Crippen LogP contribution is 2.31. The lowest BCUT2D eigenvalue weighted by molar-refractivity contribution is 1.34. The molecule has 0 unspecified atom stereocenters. The van der Waals surface area contributed by atoms with E-state index in [2.05, 4.69) is 119 Å². The van der Waals surface area contributed by atoms with Crippen LogP contribution in [0.2, 0.25) is 0 Å². The molecule has 36 heavy (non-hydrogen) atoms. The SMILES string of the molecule is c1ccc(-c2nc3c(ccc4c5ccccc5ccc43)[nH]2)cc1.c1ccc2c(c1)[nH]c1ccccc12. The van der Waals surface area contributed by atoms with Gasteiger partial charge in [-0.15, -0.1) is 0 Å². The van der Waals surface area contributed by atoms with Gasteiger partial charge in [0.25, 0.3) is 0 Å². The first-order chi connectivity index (χ1) is 17.8. The van der Waals surface area contributed by atoms with Gasteiger partial charge in [-0.2, -0.15) is 0 Å². The van der Waals surface area contributed by atoms with E-state index in [1.165, 1.54) is 43.4 Å². The summed E-state index contributed by atoms with van der Waals surface area (Å²) in [5.41, 5.74) is 5.64. The summed E-state index contributed by atoms with van der Waals surface area (Å²) >= 11 is 0. The summed E-state index contributed by atoms with van der Waals surface area (Å²) in [6.45, 7) is 0. The molecule has 2 aromatic heterocycles. The quantitative estimate of drug-likeness (QED) is 0.236.